The Morgan fingerprint density at radius 2 is 0.882 bits per heavy atom. The summed E-state index contributed by atoms with van der Waals surface area (Å²) in [5.41, 5.74) is 8.07. The largest absolute Gasteiger partial charge is 0.508 e. The molecule has 0 saturated carbocycles. The Hall–Kier alpha value is -3.92. The summed E-state index contributed by atoms with van der Waals surface area (Å²) in [6.07, 6.45) is 3.30. The summed E-state index contributed by atoms with van der Waals surface area (Å²) in [6.45, 7) is 3.95. The minimum atomic E-state index is 0.365. The van der Waals surface area contributed by atoms with Crippen LogP contribution in [0.4, 0.5) is 11.4 Å². The van der Waals surface area contributed by atoms with Gasteiger partial charge < -0.3 is 10.2 Å². The molecule has 0 fully saturated rings. The highest BCUT2D eigenvalue weighted by Crippen LogP contribution is 2.24. The molecule has 0 aliphatic rings. The zero-order chi connectivity index (χ0) is 23.9. The molecule has 0 bridgehead atoms. The summed E-state index contributed by atoms with van der Waals surface area (Å²) >= 11 is 0. The molecule has 2 N–H and O–H groups in total. The number of aryl methyl sites for hydroxylation is 6. The first kappa shape index (κ1) is 23.2. The molecule has 0 amide bonds. The molecule has 0 aliphatic carbocycles. The van der Waals surface area contributed by atoms with Crippen molar-refractivity contribution in [3.8, 4) is 11.5 Å². The van der Waals surface area contributed by atoms with E-state index in [1.807, 2.05) is 62.4 Å². The van der Waals surface area contributed by atoms with Crippen LogP contribution in [0.25, 0.3) is 0 Å². The number of azo groups is 1. The first-order valence-electron chi connectivity index (χ1n) is 11.6. The van der Waals surface area contributed by atoms with Crippen LogP contribution >= 0.6 is 0 Å². The predicted octanol–water partition coefficient (Wildman–Crippen LogP) is 7.70. The molecular weight excluding hydrogens is 420 g/mol. The van der Waals surface area contributed by atoms with Crippen LogP contribution in [0.15, 0.2) is 95.2 Å². The molecule has 172 valence electrons. The van der Waals surface area contributed by atoms with E-state index < -0.39 is 0 Å². The maximum absolute atomic E-state index is 10.1. The Balaban J connectivity index is 1.29. The highest BCUT2D eigenvalue weighted by molar-refractivity contribution is 5.43. The fraction of sp³-hybridized carbons (Fsp3) is 0.200. The van der Waals surface area contributed by atoms with Crippen molar-refractivity contribution in [2.24, 2.45) is 10.2 Å². The van der Waals surface area contributed by atoms with Crippen LogP contribution in [0.1, 0.15) is 33.4 Å². The molecular formula is C30H30N2O2. The standard InChI is InChI=1S/C30H30N2O2/c1-21-3-11-25(29(33)19-21)13-5-23-7-15-27(16-8-23)31-32-28-17-9-24(10-18-28)6-14-26-12-4-22(2)20-30(26)34/h3-4,7-12,15-20,33-34H,5-6,13-14H2,1-2H3. The smallest absolute Gasteiger partial charge is 0.119 e. The van der Waals surface area contributed by atoms with Crippen molar-refractivity contribution in [2.75, 3.05) is 0 Å². The zero-order valence-corrected chi connectivity index (χ0v) is 19.7. The summed E-state index contributed by atoms with van der Waals surface area (Å²) in [4.78, 5) is 0. The van der Waals surface area contributed by atoms with Gasteiger partial charge in [0.2, 0.25) is 0 Å². The third-order valence-electron chi connectivity index (χ3n) is 6.00. The third kappa shape index (κ3) is 6.32. The Labute approximate surface area is 201 Å². The van der Waals surface area contributed by atoms with Crippen molar-refractivity contribution < 1.29 is 10.2 Å². The number of hydrogen-bond donors (Lipinski definition) is 2. The van der Waals surface area contributed by atoms with Crippen molar-refractivity contribution in [2.45, 2.75) is 39.5 Å². The second-order valence-corrected chi connectivity index (χ2v) is 8.80. The monoisotopic (exact) mass is 450 g/mol. The van der Waals surface area contributed by atoms with Gasteiger partial charge in [-0.2, -0.15) is 10.2 Å². The molecule has 0 spiro atoms. The van der Waals surface area contributed by atoms with Gasteiger partial charge in [0.1, 0.15) is 11.5 Å². The van der Waals surface area contributed by atoms with E-state index in [0.717, 1.165) is 59.3 Å². The lowest BCUT2D eigenvalue weighted by atomic mass is 10.0. The van der Waals surface area contributed by atoms with Gasteiger partial charge >= 0.3 is 0 Å². The van der Waals surface area contributed by atoms with E-state index in [-0.39, 0.29) is 0 Å². The van der Waals surface area contributed by atoms with Gasteiger partial charge in [-0.3, -0.25) is 0 Å². The van der Waals surface area contributed by atoms with Crippen molar-refractivity contribution in [1.82, 2.24) is 0 Å². The maximum atomic E-state index is 10.1. The number of aromatic hydroxyl groups is 2. The lowest BCUT2D eigenvalue weighted by Crippen LogP contribution is -1.92. The number of nitrogens with zero attached hydrogens (tertiary/aromatic N) is 2. The van der Waals surface area contributed by atoms with Gasteiger partial charge in [0, 0.05) is 0 Å². The molecule has 0 unspecified atom stereocenters. The van der Waals surface area contributed by atoms with Crippen molar-refractivity contribution in [3.05, 3.63) is 118 Å². The predicted molar refractivity (Wildman–Crippen MR) is 138 cm³/mol. The number of rotatable bonds is 8. The molecule has 4 aromatic rings. The average molecular weight is 451 g/mol. The van der Waals surface area contributed by atoms with E-state index >= 15 is 0 Å². The second kappa shape index (κ2) is 10.8. The Morgan fingerprint density at radius 3 is 1.24 bits per heavy atom. The molecule has 4 nitrogen and oxygen atoms in total. The van der Waals surface area contributed by atoms with Gasteiger partial charge in [0.05, 0.1) is 11.4 Å². The first-order valence-corrected chi connectivity index (χ1v) is 11.6. The van der Waals surface area contributed by atoms with Crippen molar-refractivity contribution in [1.29, 1.82) is 0 Å². The molecule has 4 aromatic carbocycles. The summed E-state index contributed by atoms with van der Waals surface area (Å²) in [6, 6.07) is 27.8. The topological polar surface area (TPSA) is 65.2 Å². The lowest BCUT2D eigenvalue weighted by molar-refractivity contribution is 0.467. The van der Waals surface area contributed by atoms with E-state index in [1.165, 1.54) is 11.1 Å². The van der Waals surface area contributed by atoms with E-state index in [9.17, 15) is 10.2 Å². The number of phenols is 2. The quantitative estimate of drug-likeness (QED) is 0.270. The molecule has 34 heavy (non-hydrogen) atoms. The van der Waals surface area contributed by atoms with Gasteiger partial charge in [0.25, 0.3) is 0 Å². The first-order chi connectivity index (χ1) is 16.5. The second-order valence-electron chi connectivity index (χ2n) is 8.80. The van der Waals surface area contributed by atoms with Gasteiger partial charge in [0.15, 0.2) is 0 Å². The molecule has 0 aliphatic heterocycles. The highest BCUT2D eigenvalue weighted by atomic mass is 16.3. The number of phenolic OH excluding ortho intramolecular Hbond substituents is 2. The van der Waals surface area contributed by atoms with Gasteiger partial charge in [-0.1, -0.05) is 48.5 Å². The van der Waals surface area contributed by atoms with Crippen molar-refractivity contribution >= 4 is 11.4 Å². The van der Waals surface area contributed by atoms with Crippen molar-refractivity contribution in [3.63, 3.8) is 0 Å². The summed E-state index contributed by atoms with van der Waals surface area (Å²) in [5, 5.41) is 28.9. The van der Waals surface area contributed by atoms with Crippen LogP contribution < -0.4 is 0 Å². The molecule has 0 heterocycles. The van der Waals surface area contributed by atoms with Crippen LogP contribution in [0.5, 0.6) is 11.5 Å². The minimum Gasteiger partial charge on any atom is -0.508 e. The van der Waals surface area contributed by atoms with E-state index in [4.69, 9.17) is 0 Å². The normalized spacial score (nSPS) is 11.2. The minimum absolute atomic E-state index is 0.365. The molecule has 0 aromatic heterocycles. The highest BCUT2D eigenvalue weighted by Gasteiger charge is 2.04. The summed E-state index contributed by atoms with van der Waals surface area (Å²) < 4.78 is 0. The SMILES string of the molecule is Cc1ccc(CCc2ccc(N=Nc3ccc(CCc4ccc(C)cc4O)cc3)cc2)c(O)c1. The summed E-state index contributed by atoms with van der Waals surface area (Å²) in [7, 11) is 0. The van der Waals surface area contributed by atoms with E-state index in [0.29, 0.717) is 11.5 Å². The number of hydrogen-bond acceptors (Lipinski definition) is 4. The molecule has 0 saturated heterocycles. The zero-order valence-electron chi connectivity index (χ0n) is 19.7. The van der Waals surface area contributed by atoms with Crippen LogP contribution in [0, 0.1) is 13.8 Å². The Morgan fingerprint density at radius 1 is 0.500 bits per heavy atom. The molecule has 4 heteroatoms. The van der Waals surface area contributed by atoms with Gasteiger partial charge in [-0.25, -0.2) is 0 Å². The number of benzene rings is 4. The van der Waals surface area contributed by atoms with Crippen LogP contribution in [0.2, 0.25) is 0 Å². The van der Waals surface area contributed by atoms with Crippen LogP contribution in [0.3, 0.4) is 0 Å². The molecule has 4 rings (SSSR count). The van der Waals surface area contributed by atoms with Gasteiger partial charge in [-0.05, 0) is 109 Å². The molecule has 0 radical (unpaired) electrons. The Bertz CT molecular complexity index is 1180. The average Bonchev–Trinajstić information content (AvgIpc) is 2.83. The van der Waals surface area contributed by atoms with Crippen LogP contribution in [-0.2, 0) is 25.7 Å². The summed E-state index contributed by atoms with van der Waals surface area (Å²) in [5.74, 6) is 0.731. The fourth-order valence-electron chi connectivity index (χ4n) is 3.90. The Kier molecular flexibility index (Phi) is 7.38. The lowest BCUT2D eigenvalue weighted by Gasteiger charge is -2.06. The fourth-order valence-corrected chi connectivity index (χ4v) is 3.90. The molecule has 0 atom stereocenters. The van der Waals surface area contributed by atoms with Crippen LogP contribution in [-0.4, -0.2) is 10.2 Å². The van der Waals surface area contributed by atoms with Gasteiger partial charge in [-0.15, -0.1) is 0 Å². The van der Waals surface area contributed by atoms with E-state index in [2.05, 4.69) is 34.5 Å². The maximum Gasteiger partial charge on any atom is 0.119 e. The van der Waals surface area contributed by atoms with E-state index in [1.54, 1.807) is 12.1 Å². The third-order valence-corrected chi connectivity index (χ3v) is 6.00.